The van der Waals surface area contributed by atoms with Gasteiger partial charge in [-0.05, 0) is 26.2 Å². The highest BCUT2D eigenvalue weighted by Gasteiger charge is 1.92. The maximum Gasteiger partial charge on any atom is 0.330 e. The fourth-order valence-electron chi connectivity index (χ4n) is 1.26. The zero-order valence-electron chi connectivity index (χ0n) is 9.51. The maximum atomic E-state index is 11.7. The van der Waals surface area contributed by atoms with Gasteiger partial charge in [-0.2, -0.15) is 0 Å². The van der Waals surface area contributed by atoms with Gasteiger partial charge in [-0.1, -0.05) is 25.3 Å². The molecule has 0 rings (SSSR count). The van der Waals surface area contributed by atoms with Crippen LogP contribution in [0.25, 0.3) is 0 Å². The van der Waals surface area contributed by atoms with Crippen LogP contribution >= 0.6 is 0 Å². The summed E-state index contributed by atoms with van der Waals surface area (Å²) in [6.07, 6.45) is 9.11. The van der Waals surface area contributed by atoms with Crippen LogP contribution in [0.2, 0.25) is 0 Å². The van der Waals surface area contributed by atoms with Gasteiger partial charge in [0.2, 0.25) is 0 Å². The number of unbranched alkanes of at least 4 members (excludes halogenated alkanes) is 5. The molecule has 0 aromatic heterocycles. The minimum Gasteiger partial charge on any atom is -0.463 e. The van der Waals surface area contributed by atoms with Crippen molar-refractivity contribution in [2.24, 2.45) is 0 Å². The highest BCUT2D eigenvalue weighted by molar-refractivity contribution is 5.81. The average Bonchev–Trinajstić information content (AvgIpc) is 2.22. The van der Waals surface area contributed by atoms with Crippen molar-refractivity contribution >= 4 is 5.97 Å². The van der Waals surface area contributed by atoms with Crippen molar-refractivity contribution in [3.05, 3.63) is 12.2 Å². The van der Waals surface area contributed by atoms with E-state index in [0.29, 0.717) is 13.0 Å². The number of alkyl halides is 1. The van der Waals surface area contributed by atoms with E-state index in [1.165, 1.54) is 6.08 Å². The molecule has 0 bridgehead atoms. The molecule has 0 unspecified atom stereocenters. The summed E-state index contributed by atoms with van der Waals surface area (Å²) < 4.78 is 16.5. The Hall–Kier alpha value is -0.860. The lowest BCUT2D eigenvalue weighted by atomic mass is 10.1. The highest BCUT2D eigenvalue weighted by atomic mass is 19.1. The fourth-order valence-corrected chi connectivity index (χ4v) is 1.26. The summed E-state index contributed by atoms with van der Waals surface area (Å²) in [7, 11) is 0. The van der Waals surface area contributed by atoms with E-state index in [2.05, 4.69) is 0 Å². The molecule has 0 saturated heterocycles. The van der Waals surface area contributed by atoms with Gasteiger partial charge in [0.25, 0.3) is 0 Å². The first kappa shape index (κ1) is 14.1. The van der Waals surface area contributed by atoms with E-state index in [4.69, 9.17) is 4.74 Å². The molecule has 3 heteroatoms. The van der Waals surface area contributed by atoms with Gasteiger partial charge >= 0.3 is 5.97 Å². The zero-order chi connectivity index (χ0) is 11.4. The summed E-state index contributed by atoms with van der Waals surface area (Å²) in [5.41, 5.74) is 0. The first-order valence-corrected chi connectivity index (χ1v) is 5.70. The molecule has 0 radical (unpaired) electrons. The molecule has 0 atom stereocenters. The normalized spacial score (nSPS) is 10.8. The molecule has 0 aliphatic rings. The lowest BCUT2D eigenvalue weighted by Crippen LogP contribution is -1.98. The van der Waals surface area contributed by atoms with Crippen LogP contribution in [0.15, 0.2) is 12.2 Å². The van der Waals surface area contributed by atoms with Gasteiger partial charge in [0.05, 0.1) is 13.3 Å². The number of halogens is 1. The van der Waals surface area contributed by atoms with Crippen LogP contribution < -0.4 is 0 Å². The number of esters is 1. The number of hydrogen-bond acceptors (Lipinski definition) is 2. The molecule has 88 valence electrons. The van der Waals surface area contributed by atoms with E-state index in [9.17, 15) is 9.18 Å². The third-order valence-electron chi connectivity index (χ3n) is 2.04. The van der Waals surface area contributed by atoms with Crippen molar-refractivity contribution in [1.82, 2.24) is 0 Å². The van der Waals surface area contributed by atoms with Gasteiger partial charge in [0.1, 0.15) is 0 Å². The summed E-state index contributed by atoms with van der Waals surface area (Å²) in [5, 5.41) is 0. The summed E-state index contributed by atoms with van der Waals surface area (Å²) in [6, 6.07) is 0. The second kappa shape index (κ2) is 11.2. The molecule has 15 heavy (non-hydrogen) atoms. The molecular formula is C12H21FO2. The Labute approximate surface area is 91.5 Å². The Balaban J connectivity index is 3.19. The van der Waals surface area contributed by atoms with E-state index < -0.39 is 0 Å². The van der Waals surface area contributed by atoms with Gasteiger partial charge in [-0.3, -0.25) is 4.39 Å². The van der Waals surface area contributed by atoms with E-state index in [1.54, 1.807) is 6.92 Å². The number of allylic oxidation sites excluding steroid dienone is 1. The number of hydrogen-bond donors (Lipinski definition) is 0. The first-order valence-electron chi connectivity index (χ1n) is 5.70. The first-order chi connectivity index (χ1) is 7.31. The minimum atomic E-state index is -0.269. The van der Waals surface area contributed by atoms with Crippen LogP contribution in [-0.4, -0.2) is 19.3 Å². The Kier molecular flexibility index (Phi) is 10.6. The second-order valence-electron chi connectivity index (χ2n) is 3.40. The highest BCUT2D eigenvalue weighted by Crippen LogP contribution is 2.05. The van der Waals surface area contributed by atoms with Gasteiger partial charge in [0, 0.05) is 6.08 Å². The van der Waals surface area contributed by atoms with Crippen LogP contribution in [0, 0.1) is 0 Å². The van der Waals surface area contributed by atoms with Crippen molar-refractivity contribution in [3.8, 4) is 0 Å². The summed E-state index contributed by atoms with van der Waals surface area (Å²) in [4.78, 5) is 10.9. The average molecular weight is 216 g/mol. The van der Waals surface area contributed by atoms with E-state index in [0.717, 1.165) is 32.1 Å². The predicted molar refractivity (Wildman–Crippen MR) is 59.5 cm³/mol. The molecule has 0 aliphatic carbocycles. The number of rotatable bonds is 9. The van der Waals surface area contributed by atoms with Crippen molar-refractivity contribution in [1.29, 1.82) is 0 Å². The van der Waals surface area contributed by atoms with Crippen LogP contribution in [0.4, 0.5) is 4.39 Å². The number of carbonyl (C=O) groups is 1. The van der Waals surface area contributed by atoms with Crippen LogP contribution in [0.5, 0.6) is 0 Å². The number of ether oxygens (including phenoxy) is 1. The van der Waals surface area contributed by atoms with Crippen molar-refractivity contribution in [3.63, 3.8) is 0 Å². The van der Waals surface area contributed by atoms with Crippen molar-refractivity contribution in [2.45, 2.75) is 45.4 Å². The van der Waals surface area contributed by atoms with Gasteiger partial charge < -0.3 is 4.74 Å². The Morgan fingerprint density at radius 3 is 2.53 bits per heavy atom. The van der Waals surface area contributed by atoms with Gasteiger partial charge in [-0.25, -0.2) is 4.79 Å². The maximum absolute atomic E-state index is 11.7. The van der Waals surface area contributed by atoms with E-state index in [-0.39, 0.29) is 12.6 Å². The van der Waals surface area contributed by atoms with E-state index >= 15 is 0 Å². The molecule has 0 spiro atoms. The van der Waals surface area contributed by atoms with Crippen LogP contribution in [0.1, 0.15) is 45.4 Å². The van der Waals surface area contributed by atoms with E-state index in [1.807, 2.05) is 6.08 Å². The molecule has 0 aromatic rings. The Bertz CT molecular complexity index is 178. The summed E-state index contributed by atoms with van der Waals surface area (Å²) in [5.74, 6) is -0.269. The monoisotopic (exact) mass is 216 g/mol. The summed E-state index contributed by atoms with van der Waals surface area (Å²) >= 11 is 0. The molecule has 0 aliphatic heterocycles. The quantitative estimate of drug-likeness (QED) is 0.335. The Morgan fingerprint density at radius 2 is 1.87 bits per heavy atom. The molecule has 0 heterocycles. The lowest BCUT2D eigenvalue weighted by molar-refractivity contribution is -0.137. The molecule has 0 aromatic carbocycles. The SMILES string of the molecule is CCOC(=O)/C=C/CCCCCCCF. The second-order valence-corrected chi connectivity index (χ2v) is 3.40. The standard InChI is InChI=1S/C12H21FO2/c1-2-15-12(14)10-8-6-4-3-5-7-9-11-13/h8,10H,2-7,9,11H2,1H3/b10-8+. The molecule has 0 N–H and O–H groups in total. The Morgan fingerprint density at radius 1 is 1.20 bits per heavy atom. The van der Waals surface area contributed by atoms with Crippen molar-refractivity contribution < 1.29 is 13.9 Å². The smallest absolute Gasteiger partial charge is 0.330 e. The van der Waals surface area contributed by atoms with Crippen LogP contribution in [0.3, 0.4) is 0 Å². The summed E-state index contributed by atoms with van der Waals surface area (Å²) in [6.45, 7) is 2.01. The van der Waals surface area contributed by atoms with Gasteiger partial charge in [0.15, 0.2) is 0 Å². The third kappa shape index (κ3) is 11.1. The minimum absolute atomic E-state index is 0.206. The lowest BCUT2D eigenvalue weighted by Gasteiger charge is -1.97. The zero-order valence-corrected chi connectivity index (χ0v) is 9.51. The molecule has 0 saturated carbocycles. The van der Waals surface area contributed by atoms with Gasteiger partial charge in [-0.15, -0.1) is 0 Å². The van der Waals surface area contributed by atoms with Crippen LogP contribution in [-0.2, 0) is 9.53 Å². The predicted octanol–water partition coefficient (Wildman–Crippen LogP) is 3.42. The fraction of sp³-hybridized carbons (Fsp3) is 0.750. The molecule has 0 fully saturated rings. The molecule has 0 amide bonds. The third-order valence-corrected chi connectivity index (χ3v) is 2.04. The largest absolute Gasteiger partial charge is 0.463 e. The molecular weight excluding hydrogens is 195 g/mol. The van der Waals surface area contributed by atoms with Crippen molar-refractivity contribution in [2.75, 3.05) is 13.3 Å². The number of carbonyl (C=O) groups excluding carboxylic acids is 1. The molecule has 2 nitrogen and oxygen atoms in total. The topological polar surface area (TPSA) is 26.3 Å².